The molecule has 1 saturated heterocycles. The molecule has 1 aliphatic rings. The summed E-state index contributed by atoms with van der Waals surface area (Å²) < 4.78 is 5.22. The first kappa shape index (κ1) is 17.7. The Labute approximate surface area is 153 Å². The Kier molecular flexibility index (Phi) is 5.53. The third kappa shape index (κ3) is 3.76. The normalized spacial score (nSPS) is 14.4. The maximum Gasteiger partial charge on any atom is 0.342 e. The van der Waals surface area contributed by atoms with Crippen LogP contribution in [-0.2, 0) is 4.74 Å². The highest BCUT2D eigenvalue weighted by atomic mass is 35.5. The molecule has 0 amide bonds. The maximum atomic E-state index is 12.5. The van der Waals surface area contributed by atoms with E-state index in [4.69, 9.17) is 21.3 Å². The number of halogens is 1. The van der Waals surface area contributed by atoms with Gasteiger partial charge in [-0.15, -0.1) is 0 Å². The second kappa shape index (κ2) is 7.83. The second-order valence-corrected chi connectivity index (χ2v) is 6.49. The van der Waals surface area contributed by atoms with Gasteiger partial charge in [-0.1, -0.05) is 29.8 Å². The molecule has 25 heavy (non-hydrogen) atoms. The van der Waals surface area contributed by atoms with Crippen molar-refractivity contribution >= 4 is 23.5 Å². The number of piperidine rings is 1. The number of aryl methyl sites for hydroxylation is 1. The highest BCUT2D eigenvalue weighted by Crippen LogP contribution is 2.32. The zero-order valence-electron chi connectivity index (χ0n) is 14.6. The predicted molar refractivity (Wildman–Crippen MR) is 99.2 cm³/mol. The van der Waals surface area contributed by atoms with Gasteiger partial charge in [0, 0.05) is 23.7 Å². The van der Waals surface area contributed by atoms with Crippen LogP contribution >= 0.6 is 11.6 Å². The van der Waals surface area contributed by atoms with Crippen molar-refractivity contribution in [3.05, 3.63) is 40.5 Å². The van der Waals surface area contributed by atoms with Gasteiger partial charge >= 0.3 is 5.97 Å². The SMILES string of the molecule is CCOC(=O)c1c(C)nc(N2CCCCC2)nc1-c1ccccc1Cl. The van der Waals surface area contributed by atoms with Gasteiger partial charge in [0.25, 0.3) is 0 Å². The first-order valence-corrected chi connectivity index (χ1v) is 9.05. The van der Waals surface area contributed by atoms with Crippen LogP contribution in [-0.4, -0.2) is 35.6 Å². The van der Waals surface area contributed by atoms with Crippen molar-refractivity contribution in [3.8, 4) is 11.3 Å². The third-order valence-electron chi connectivity index (χ3n) is 4.33. The molecule has 1 aromatic heterocycles. The number of hydrogen-bond acceptors (Lipinski definition) is 5. The standard InChI is InChI=1S/C19H22ClN3O2/c1-3-25-18(24)16-13(2)21-19(23-11-7-4-8-12-23)22-17(16)14-9-5-6-10-15(14)20/h5-6,9-10H,3-4,7-8,11-12H2,1-2H3. The molecule has 0 atom stereocenters. The van der Waals surface area contributed by atoms with Crippen molar-refractivity contribution in [2.24, 2.45) is 0 Å². The summed E-state index contributed by atoms with van der Waals surface area (Å²) in [7, 11) is 0. The number of anilines is 1. The van der Waals surface area contributed by atoms with E-state index in [1.807, 2.05) is 25.1 Å². The van der Waals surface area contributed by atoms with E-state index >= 15 is 0 Å². The summed E-state index contributed by atoms with van der Waals surface area (Å²) in [4.78, 5) is 24.0. The molecule has 1 fully saturated rings. The Bertz CT molecular complexity index is 773. The number of carbonyl (C=O) groups is 1. The average Bonchev–Trinajstić information content (AvgIpc) is 2.62. The van der Waals surface area contributed by atoms with Crippen LogP contribution in [0, 0.1) is 6.92 Å². The molecule has 2 aromatic rings. The number of ether oxygens (including phenoxy) is 1. The van der Waals surface area contributed by atoms with Crippen LogP contribution in [0.2, 0.25) is 5.02 Å². The van der Waals surface area contributed by atoms with Crippen molar-refractivity contribution in [3.63, 3.8) is 0 Å². The summed E-state index contributed by atoms with van der Waals surface area (Å²) in [5, 5.41) is 0.552. The minimum absolute atomic E-state index is 0.300. The van der Waals surface area contributed by atoms with Gasteiger partial charge in [0.2, 0.25) is 5.95 Å². The second-order valence-electron chi connectivity index (χ2n) is 6.08. The minimum Gasteiger partial charge on any atom is -0.462 e. The van der Waals surface area contributed by atoms with Crippen LogP contribution in [0.3, 0.4) is 0 Å². The van der Waals surface area contributed by atoms with E-state index in [0.717, 1.165) is 31.5 Å². The van der Waals surface area contributed by atoms with Gasteiger partial charge in [-0.3, -0.25) is 0 Å². The molecule has 0 N–H and O–H groups in total. The summed E-state index contributed by atoms with van der Waals surface area (Å²) in [5.41, 5.74) is 2.26. The Hall–Kier alpha value is -2.14. The molecule has 0 radical (unpaired) electrons. The molecule has 0 bridgehead atoms. The molecular formula is C19H22ClN3O2. The first-order chi connectivity index (χ1) is 12.1. The first-order valence-electron chi connectivity index (χ1n) is 8.67. The molecule has 0 saturated carbocycles. The lowest BCUT2D eigenvalue weighted by Crippen LogP contribution is -2.31. The zero-order chi connectivity index (χ0) is 17.8. The fourth-order valence-corrected chi connectivity index (χ4v) is 3.31. The van der Waals surface area contributed by atoms with Crippen LogP contribution in [0.1, 0.15) is 42.2 Å². The molecule has 1 aromatic carbocycles. The van der Waals surface area contributed by atoms with Crippen molar-refractivity contribution in [1.82, 2.24) is 9.97 Å². The summed E-state index contributed by atoms with van der Waals surface area (Å²) >= 11 is 6.38. The van der Waals surface area contributed by atoms with E-state index in [1.54, 1.807) is 13.0 Å². The van der Waals surface area contributed by atoms with E-state index < -0.39 is 5.97 Å². The lowest BCUT2D eigenvalue weighted by Gasteiger charge is -2.27. The fourth-order valence-electron chi connectivity index (χ4n) is 3.09. The smallest absolute Gasteiger partial charge is 0.342 e. The summed E-state index contributed by atoms with van der Waals surface area (Å²) in [6.07, 6.45) is 3.49. The van der Waals surface area contributed by atoms with Crippen LogP contribution in [0.15, 0.2) is 24.3 Å². The van der Waals surface area contributed by atoms with Crippen molar-refractivity contribution < 1.29 is 9.53 Å². The molecule has 6 heteroatoms. The quantitative estimate of drug-likeness (QED) is 0.763. The highest BCUT2D eigenvalue weighted by molar-refractivity contribution is 6.33. The van der Waals surface area contributed by atoms with Gasteiger partial charge in [0.15, 0.2) is 0 Å². The largest absolute Gasteiger partial charge is 0.462 e. The molecule has 2 heterocycles. The van der Waals surface area contributed by atoms with Gasteiger partial charge in [-0.2, -0.15) is 0 Å². The van der Waals surface area contributed by atoms with Gasteiger partial charge in [0.1, 0.15) is 5.56 Å². The number of nitrogens with zero attached hydrogens (tertiary/aromatic N) is 3. The van der Waals surface area contributed by atoms with Gasteiger partial charge in [-0.05, 0) is 39.2 Å². The highest BCUT2D eigenvalue weighted by Gasteiger charge is 2.24. The Balaban J connectivity index is 2.15. The predicted octanol–water partition coefficient (Wildman–Crippen LogP) is 4.27. The van der Waals surface area contributed by atoms with E-state index in [1.165, 1.54) is 6.42 Å². The van der Waals surface area contributed by atoms with Gasteiger partial charge in [0.05, 0.1) is 18.0 Å². The van der Waals surface area contributed by atoms with Gasteiger partial charge in [-0.25, -0.2) is 14.8 Å². The number of aromatic nitrogens is 2. The summed E-state index contributed by atoms with van der Waals surface area (Å²) in [6.45, 7) is 5.77. The Morgan fingerprint density at radius 2 is 1.92 bits per heavy atom. The summed E-state index contributed by atoms with van der Waals surface area (Å²) in [6, 6.07) is 7.40. The van der Waals surface area contributed by atoms with Crippen LogP contribution in [0.25, 0.3) is 11.3 Å². The molecule has 0 spiro atoms. The van der Waals surface area contributed by atoms with Crippen LogP contribution in [0.5, 0.6) is 0 Å². The molecule has 132 valence electrons. The van der Waals surface area contributed by atoms with E-state index in [-0.39, 0.29) is 0 Å². The van der Waals surface area contributed by atoms with Crippen molar-refractivity contribution in [2.75, 3.05) is 24.6 Å². The molecule has 1 aliphatic heterocycles. The molecular weight excluding hydrogens is 338 g/mol. The van der Waals surface area contributed by atoms with E-state index in [9.17, 15) is 4.79 Å². The fraction of sp³-hybridized carbons (Fsp3) is 0.421. The monoisotopic (exact) mass is 359 g/mol. The molecule has 0 unspecified atom stereocenters. The number of carbonyl (C=O) groups excluding carboxylic acids is 1. The number of benzene rings is 1. The Morgan fingerprint density at radius 3 is 2.60 bits per heavy atom. The molecule has 5 nitrogen and oxygen atoms in total. The van der Waals surface area contributed by atoms with E-state index in [2.05, 4.69) is 9.88 Å². The molecule has 0 aliphatic carbocycles. The van der Waals surface area contributed by atoms with Crippen molar-refractivity contribution in [2.45, 2.75) is 33.1 Å². The lowest BCUT2D eigenvalue weighted by atomic mass is 10.0. The Morgan fingerprint density at radius 1 is 1.20 bits per heavy atom. The number of rotatable bonds is 4. The number of esters is 1. The summed E-state index contributed by atoms with van der Waals surface area (Å²) in [5.74, 6) is 0.236. The lowest BCUT2D eigenvalue weighted by molar-refractivity contribution is 0.0525. The number of hydrogen-bond donors (Lipinski definition) is 0. The zero-order valence-corrected chi connectivity index (χ0v) is 15.3. The maximum absolute atomic E-state index is 12.5. The third-order valence-corrected chi connectivity index (χ3v) is 4.66. The average molecular weight is 360 g/mol. The molecule has 3 rings (SSSR count). The van der Waals surface area contributed by atoms with Crippen molar-refractivity contribution in [1.29, 1.82) is 0 Å². The topological polar surface area (TPSA) is 55.3 Å². The van der Waals surface area contributed by atoms with Crippen LogP contribution < -0.4 is 4.90 Å². The minimum atomic E-state index is -0.417. The van der Waals surface area contributed by atoms with Gasteiger partial charge < -0.3 is 9.64 Å². The van der Waals surface area contributed by atoms with E-state index in [0.29, 0.717) is 34.5 Å². The van der Waals surface area contributed by atoms with Crippen LogP contribution in [0.4, 0.5) is 5.95 Å².